The van der Waals surface area contributed by atoms with Crippen molar-refractivity contribution < 1.29 is 9.53 Å². The molecule has 1 aliphatic rings. The average molecular weight is 355 g/mol. The summed E-state index contributed by atoms with van der Waals surface area (Å²) in [5.41, 5.74) is 1.97. The zero-order valence-corrected chi connectivity index (χ0v) is 15.1. The van der Waals surface area contributed by atoms with E-state index in [2.05, 4.69) is 20.2 Å². The zero-order chi connectivity index (χ0) is 18.2. The molecular weight excluding hydrogens is 330 g/mol. The topological polar surface area (TPSA) is 70.6 Å². The molecule has 0 atom stereocenters. The smallest absolute Gasteiger partial charge is 0.234 e. The first-order valence-electron chi connectivity index (χ1n) is 8.84. The first-order chi connectivity index (χ1) is 12.7. The van der Waals surface area contributed by atoms with Crippen LogP contribution in [-0.4, -0.2) is 60.7 Å². The van der Waals surface area contributed by atoms with Crippen LogP contribution in [0, 0.1) is 0 Å². The molecule has 1 fully saturated rings. The number of anilines is 1. The molecule has 138 valence electrons. The highest BCUT2D eigenvalue weighted by Crippen LogP contribution is 2.18. The Morgan fingerprint density at radius 3 is 2.77 bits per heavy atom. The number of likely N-dealkylation sites (N-methyl/N-ethyl adjacent to an activating group) is 1. The van der Waals surface area contributed by atoms with Gasteiger partial charge in [0.2, 0.25) is 5.91 Å². The van der Waals surface area contributed by atoms with Crippen LogP contribution in [0.15, 0.2) is 42.7 Å². The molecule has 7 heteroatoms. The predicted octanol–water partition coefficient (Wildman–Crippen LogP) is 1.06. The molecule has 1 aliphatic heterocycles. The lowest BCUT2D eigenvalue weighted by atomic mass is 10.2. The van der Waals surface area contributed by atoms with E-state index in [1.54, 1.807) is 12.4 Å². The molecule has 1 N–H and O–H groups in total. The van der Waals surface area contributed by atoms with E-state index in [4.69, 9.17) is 4.74 Å². The van der Waals surface area contributed by atoms with Crippen LogP contribution in [0.4, 0.5) is 5.82 Å². The summed E-state index contributed by atoms with van der Waals surface area (Å²) in [5, 5.41) is 3.00. The summed E-state index contributed by atoms with van der Waals surface area (Å²) >= 11 is 0. The van der Waals surface area contributed by atoms with Crippen LogP contribution in [0.5, 0.6) is 0 Å². The lowest BCUT2D eigenvalue weighted by Gasteiger charge is -2.29. The minimum absolute atomic E-state index is 0.0137. The molecule has 0 saturated carbocycles. The molecule has 0 aromatic carbocycles. The third-order valence-electron chi connectivity index (χ3n) is 4.23. The number of nitrogens with one attached hydrogen (secondary N) is 1. The number of pyridine rings is 2. The lowest BCUT2D eigenvalue weighted by molar-refractivity contribution is -0.122. The van der Waals surface area contributed by atoms with Gasteiger partial charge >= 0.3 is 0 Å². The number of amides is 1. The molecule has 1 saturated heterocycles. The van der Waals surface area contributed by atoms with Gasteiger partial charge in [0.15, 0.2) is 0 Å². The maximum Gasteiger partial charge on any atom is 0.234 e. The Hall–Kier alpha value is -2.51. The van der Waals surface area contributed by atoms with Gasteiger partial charge in [0.25, 0.3) is 0 Å². The summed E-state index contributed by atoms with van der Waals surface area (Å²) in [7, 11) is 1.91. The lowest BCUT2D eigenvalue weighted by Crippen LogP contribution is -2.38. The molecule has 26 heavy (non-hydrogen) atoms. The number of morpholine rings is 1. The molecule has 2 aromatic heterocycles. The summed E-state index contributed by atoms with van der Waals surface area (Å²) in [5.74, 6) is 0.915. The van der Waals surface area contributed by atoms with Gasteiger partial charge in [-0.2, -0.15) is 0 Å². The molecule has 0 bridgehead atoms. The second-order valence-corrected chi connectivity index (χ2v) is 6.36. The summed E-state index contributed by atoms with van der Waals surface area (Å²) in [6.07, 6.45) is 3.55. The summed E-state index contributed by atoms with van der Waals surface area (Å²) in [4.78, 5) is 25.2. The van der Waals surface area contributed by atoms with Gasteiger partial charge in [-0.15, -0.1) is 0 Å². The first-order valence-corrected chi connectivity index (χ1v) is 8.84. The fourth-order valence-electron chi connectivity index (χ4n) is 2.95. The van der Waals surface area contributed by atoms with Crippen molar-refractivity contribution >= 4 is 11.7 Å². The first kappa shape index (κ1) is 18.3. The minimum atomic E-state index is -0.0137. The van der Waals surface area contributed by atoms with Crippen molar-refractivity contribution in [1.82, 2.24) is 20.2 Å². The highest BCUT2D eigenvalue weighted by molar-refractivity contribution is 5.78. The van der Waals surface area contributed by atoms with E-state index >= 15 is 0 Å². The molecule has 0 spiro atoms. The van der Waals surface area contributed by atoms with Crippen molar-refractivity contribution in [2.24, 2.45) is 0 Å². The molecule has 2 aromatic rings. The highest BCUT2D eigenvalue weighted by Gasteiger charge is 2.16. The molecule has 3 rings (SSSR count). The molecule has 1 amide bonds. The van der Waals surface area contributed by atoms with E-state index in [0.29, 0.717) is 32.8 Å². The van der Waals surface area contributed by atoms with Crippen molar-refractivity contribution in [3.63, 3.8) is 0 Å². The largest absolute Gasteiger partial charge is 0.378 e. The number of hydrogen-bond acceptors (Lipinski definition) is 6. The second kappa shape index (κ2) is 9.26. The molecule has 0 unspecified atom stereocenters. The van der Waals surface area contributed by atoms with E-state index < -0.39 is 0 Å². The normalized spacial score (nSPS) is 14.5. The zero-order valence-electron chi connectivity index (χ0n) is 15.1. The Balaban J connectivity index is 1.51. The fraction of sp³-hybridized carbons (Fsp3) is 0.421. The van der Waals surface area contributed by atoms with E-state index in [0.717, 1.165) is 30.2 Å². The minimum Gasteiger partial charge on any atom is -0.378 e. The fourth-order valence-corrected chi connectivity index (χ4v) is 2.95. The molecule has 0 aliphatic carbocycles. The van der Waals surface area contributed by atoms with Gasteiger partial charge in [-0.3, -0.25) is 14.7 Å². The SMILES string of the molecule is CN(CC(=O)NCc1cccnc1N1CCOCC1)Cc1ccccn1. The Morgan fingerprint density at radius 2 is 2.00 bits per heavy atom. The quantitative estimate of drug-likeness (QED) is 0.801. The number of aromatic nitrogens is 2. The summed E-state index contributed by atoms with van der Waals surface area (Å²) in [6.45, 7) is 4.50. The van der Waals surface area contributed by atoms with E-state index in [9.17, 15) is 4.79 Å². The van der Waals surface area contributed by atoms with Gasteiger partial charge < -0.3 is 15.0 Å². The number of hydrogen-bond donors (Lipinski definition) is 1. The number of nitrogens with zero attached hydrogens (tertiary/aromatic N) is 4. The van der Waals surface area contributed by atoms with Gasteiger partial charge in [-0.1, -0.05) is 12.1 Å². The average Bonchev–Trinajstić information content (AvgIpc) is 2.68. The Labute approximate surface area is 154 Å². The van der Waals surface area contributed by atoms with Crippen LogP contribution in [0.1, 0.15) is 11.3 Å². The second-order valence-electron chi connectivity index (χ2n) is 6.36. The van der Waals surface area contributed by atoms with Crippen molar-refractivity contribution in [3.8, 4) is 0 Å². The van der Waals surface area contributed by atoms with Gasteiger partial charge in [0, 0.05) is 44.1 Å². The third kappa shape index (κ3) is 5.24. The van der Waals surface area contributed by atoms with Gasteiger partial charge in [-0.25, -0.2) is 4.98 Å². The number of carbonyl (C=O) groups excluding carboxylic acids is 1. The summed E-state index contributed by atoms with van der Waals surface area (Å²) < 4.78 is 5.40. The monoisotopic (exact) mass is 355 g/mol. The Kier molecular flexibility index (Phi) is 6.51. The van der Waals surface area contributed by atoms with Crippen molar-refractivity contribution in [2.45, 2.75) is 13.1 Å². The number of carbonyl (C=O) groups is 1. The highest BCUT2D eigenvalue weighted by atomic mass is 16.5. The van der Waals surface area contributed by atoms with Crippen LogP contribution in [0.2, 0.25) is 0 Å². The van der Waals surface area contributed by atoms with Crippen molar-refractivity contribution in [3.05, 3.63) is 54.0 Å². The van der Waals surface area contributed by atoms with Crippen molar-refractivity contribution in [1.29, 1.82) is 0 Å². The molecule has 3 heterocycles. The molecule has 0 radical (unpaired) electrons. The van der Waals surface area contributed by atoms with Crippen molar-refractivity contribution in [2.75, 3.05) is 44.8 Å². The van der Waals surface area contributed by atoms with Crippen LogP contribution in [0.25, 0.3) is 0 Å². The number of ether oxygens (including phenoxy) is 1. The molecular formula is C19H25N5O2. The van der Waals surface area contributed by atoms with Crippen LogP contribution in [-0.2, 0) is 22.6 Å². The molecule has 7 nitrogen and oxygen atoms in total. The van der Waals surface area contributed by atoms with E-state index in [1.807, 2.05) is 42.3 Å². The van der Waals surface area contributed by atoms with Gasteiger partial charge in [0.05, 0.1) is 25.5 Å². The summed E-state index contributed by atoms with van der Waals surface area (Å²) in [6, 6.07) is 9.70. The Bertz CT molecular complexity index is 704. The van der Waals surface area contributed by atoms with Crippen LogP contribution < -0.4 is 10.2 Å². The van der Waals surface area contributed by atoms with Crippen LogP contribution >= 0.6 is 0 Å². The number of rotatable bonds is 7. The van der Waals surface area contributed by atoms with E-state index in [1.165, 1.54) is 0 Å². The van der Waals surface area contributed by atoms with Gasteiger partial charge in [0.1, 0.15) is 5.82 Å². The Morgan fingerprint density at radius 1 is 1.19 bits per heavy atom. The van der Waals surface area contributed by atoms with Crippen LogP contribution in [0.3, 0.4) is 0 Å². The third-order valence-corrected chi connectivity index (χ3v) is 4.23. The van der Waals surface area contributed by atoms with Gasteiger partial charge in [-0.05, 0) is 25.2 Å². The predicted molar refractivity (Wildman–Crippen MR) is 99.7 cm³/mol. The maximum absolute atomic E-state index is 12.3. The maximum atomic E-state index is 12.3. The standard InChI is InChI=1S/C19H25N5O2/c1-23(14-17-6-2-3-7-20-17)15-18(25)22-13-16-5-4-8-21-19(16)24-9-11-26-12-10-24/h2-8H,9-15H2,1H3,(H,22,25). The van der Waals surface area contributed by atoms with E-state index in [-0.39, 0.29) is 5.91 Å².